The van der Waals surface area contributed by atoms with E-state index in [0.29, 0.717) is 5.75 Å². The van der Waals surface area contributed by atoms with Crippen molar-refractivity contribution in [3.05, 3.63) is 46.5 Å². The molecule has 0 aliphatic rings. The monoisotopic (exact) mass is 358 g/mol. The van der Waals surface area contributed by atoms with Gasteiger partial charge in [-0.2, -0.15) is 13.2 Å². The molecule has 0 spiro atoms. The molecule has 0 fully saturated rings. The van der Waals surface area contributed by atoms with Crippen molar-refractivity contribution >= 4 is 23.1 Å². The molecule has 126 valence electrons. The summed E-state index contributed by atoms with van der Waals surface area (Å²) in [6, 6.07) is 4.17. The largest absolute Gasteiger partial charge is 0.416 e. The Morgan fingerprint density at radius 1 is 1.21 bits per heavy atom. The van der Waals surface area contributed by atoms with E-state index in [1.165, 1.54) is 16.1 Å². The topological polar surface area (TPSA) is 52.7 Å². The first-order valence-electron chi connectivity index (χ1n) is 6.80. The zero-order chi connectivity index (χ0) is 17.5. The first-order chi connectivity index (χ1) is 11.3. The molecule has 3 aromatic rings. The van der Waals surface area contributed by atoms with E-state index in [4.69, 9.17) is 0 Å². The molecule has 0 bridgehead atoms. The van der Waals surface area contributed by atoms with E-state index >= 15 is 0 Å². The van der Waals surface area contributed by atoms with Gasteiger partial charge in [-0.1, -0.05) is 23.5 Å². The number of rotatable bonds is 3. The molecule has 0 aliphatic carbocycles. The van der Waals surface area contributed by atoms with Gasteiger partial charge in [-0.3, -0.25) is 4.79 Å². The lowest BCUT2D eigenvalue weighted by atomic mass is 10.1. The molecule has 24 heavy (non-hydrogen) atoms. The quantitative estimate of drug-likeness (QED) is 0.672. The van der Waals surface area contributed by atoms with Gasteiger partial charge in [0, 0.05) is 11.3 Å². The third-order valence-electron chi connectivity index (χ3n) is 3.22. The number of imidazole rings is 1. The summed E-state index contributed by atoms with van der Waals surface area (Å²) >= 11 is 1.10. The standard InChI is InChI=1S/C14H10F4N4OS/c1-2-24-22-11(8-3-5-9(6-4-8)14(15,16)17)20-12-10(13(22)23)19-7-21(12)18/h3-7H,2H2,1H3. The van der Waals surface area contributed by atoms with Crippen molar-refractivity contribution in [3.63, 3.8) is 0 Å². The molecule has 0 radical (unpaired) electrons. The van der Waals surface area contributed by atoms with Gasteiger partial charge in [0.25, 0.3) is 5.56 Å². The van der Waals surface area contributed by atoms with Crippen LogP contribution in [0.1, 0.15) is 12.5 Å². The molecule has 0 amide bonds. The Labute approximate surface area is 137 Å². The lowest BCUT2D eigenvalue weighted by Gasteiger charge is -2.11. The maximum absolute atomic E-state index is 13.6. The predicted molar refractivity (Wildman–Crippen MR) is 82.3 cm³/mol. The molecule has 0 saturated carbocycles. The molecule has 3 rings (SSSR count). The highest BCUT2D eigenvalue weighted by molar-refractivity contribution is 7.97. The van der Waals surface area contributed by atoms with Crippen molar-refractivity contribution in [1.29, 1.82) is 0 Å². The summed E-state index contributed by atoms with van der Waals surface area (Å²) in [4.78, 5) is 20.3. The highest BCUT2D eigenvalue weighted by atomic mass is 32.2. The van der Waals surface area contributed by atoms with E-state index in [9.17, 15) is 22.4 Å². The Morgan fingerprint density at radius 2 is 1.88 bits per heavy atom. The lowest BCUT2D eigenvalue weighted by molar-refractivity contribution is -0.137. The average molecular weight is 358 g/mol. The van der Waals surface area contributed by atoms with Crippen LogP contribution in [0.25, 0.3) is 22.6 Å². The normalized spacial score (nSPS) is 12.0. The summed E-state index contributed by atoms with van der Waals surface area (Å²) in [7, 11) is 0. The molecule has 2 aromatic heterocycles. The van der Waals surface area contributed by atoms with Crippen LogP contribution in [0.2, 0.25) is 0 Å². The summed E-state index contributed by atoms with van der Waals surface area (Å²) in [5.74, 6) is 0.573. The minimum atomic E-state index is -4.47. The van der Waals surface area contributed by atoms with Gasteiger partial charge in [-0.25, -0.2) is 13.9 Å². The first-order valence-corrected chi connectivity index (χ1v) is 7.74. The molecule has 5 nitrogen and oxygen atoms in total. The van der Waals surface area contributed by atoms with Gasteiger partial charge in [-0.05, 0) is 24.1 Å². The van der Waals surface area contributed by atoms with Crippen LogP contribution >= 0.6 is 11.9 Å². The van der Waals surface area contributed by atoms with Crippen molar-refractivity contribution in [2.24, 2.45) is 0 Å². The molecular weight excluding hydrogens is 348 g/mol. The van der Waals surface area contributed by atoms with Crippen molar-refractivity contribution in [1.82, 2.24) is 18.7 Å². The van der Waals surface area contributed by atoms with Crippen LogP contribution in [0, 0.1) is 0 Å². The van der Waals surface area contributed by atoms with Crippen molar-refractivity contribution in [2.45, 2.75) is 13.1 Å². The zero-order valence-electron chi connectivity index (χ0n) is 12.2. The smallest absolute Gasteiger partial charge is 0.266 e. The molecule has 0 unspecified atom stereocenters. The highest BCUT2D eigenvalue weighted by Crippen LogP contribution is 2.31. The van der Waals surface area contributed by atoms with E-state index in [-0.39, 0.29) is 27.3 Å². The number of hydrogen-bond donors (Lipinski definition) is 0. The molecular formula is C14H10F4N4OS. The number of benzene rings is 1. The fourth-order valence-electron chi connectivity index (χ4n) is 2.15. The fraction of sp³-hybridized carbons (Fsp3) is 0.214. The Kier molecular flexibility index (Phi) is 4.08. The molecule has 1 aromatic carbocycles. The van der Waals surface area contributed by atoms with E-state index in [0.717, 1.165) is 30.4 Å². The molecule has 0 atom stereocenters. The summed E-state index contributed by atoms with van der Waals surface area (Å²) < 4.78 is 52.9. The maximum atomic E-state index is 13.6. The van der Waals surface area contributed by atoms with Gasteiger partial charge in [0.2, 0.25) is 0 Å². The average Bonchev–Trinajstić information content (AvgIpc) is 2.91. The number of halogens is 4. The van der Waals surface area contributed by atoms with Crippen LogP contribution in [0.4, 0.5) is 17.7 Å². The van der Waals surface area contributed by atoms with Crippen molar-refractivity contribution < 1.29 is 17.7 Å². The number of hydrogen-bond acceptors (Lipinski definition) is 4. The molecule has 2 heterocycles. The second kappa shape index (κ2) is 5.93. The van der Waals surface area contributed by atoms with Gasteiger partial charge in [-0.15, -0.1) is 4.79 Å². The lowest BCUT2D eigenvalue weighted by Crippen LogP contribution is -2.19. The van der Waals surface area contributed by atoms with Crippen LogP contribution in [0.5, 0.6) is 0 Å². The number of nitrogens with zero attached hydrogens (tertiary/aromatic N) is 4. The van der Waals surface area contributed by atoms with Crippen molar-refractivity contribution in [3.8, 4) is 11.4 Å². The SMILES string of the molecule is CCSn1c(-c2ccc(C(F)(F)F)cc2)nc2c(ncn2F)c1=O. The number of aromatic nitrogens is 4. The second-order valence-corrected chi connectivity index (χ2v) is 5.96. The van der Waals surface area contributed by atoms with E-state index in [1.54, 1.807) is 6.92 Å². The first kappa shape index (κ1) is 16.5. The Balaban J connectivity index is 2.22. The van der Waals surface area contributed by atoms with Crippen LogP contribution in [0.3, 0.4) is 0 Å². The molecule has 10 heteroatoms. The number of alkyl halides is 3. The van der Waals surface area contributed by atoms with Gasteiger partial charge >= 0.3 is 6.18 Å². The fourth-order valence-corrected chi connectivity index (χ4v) is 2.88. The third-order valence-corrected chi connectivity index (χ3v) is 4.08. The minimum Gasteiger partial charge on any atom is -0.266 e. The summed E-state index contributed by atoms with van der Waals surface area (Å²) in [6.07, 6.45) is -3.65. The van der Waals surface area contributed by atoms with Crippen LogP contribution in [-0.4, -0.2) is 24.5 Å². The number of fused-ring (bicyclic) bond motifs is 1. The van der Waals surface area contributed by atoms with Crippen LogP contribution in [-0.2, 0) is 6.18 Å². The third kappa shape index (κ3) is 2.77. The molecule has 0 N–H and O–H groups in total. The predicted octanol–water partition coefficient (Wildman–Crippen LogP) is 3.53. The second-order valence-electron chi connectivity index (χ2n) is 4.76. The maximum Gasteiger partial charge on any atom is 0.416 e. The van der Waals surface area contributed by atoms with Gasteiger partial charge in [0.1, 0.15) is 6.33 Å². The zero-order valence-corrected chi connectivity index (χ0v) is 13.0. The van der Waals surface area contributed by atoms with Gasteiger partial charge in [0.05, 0.1) is 5.56 Å². The molecule has 0 aliphatic heterocycles. The Morgan fingerprint density at radius 3 is 2.46 bits per heavy atom. The summed E-state index contributed by atoms with van der Waals surface area (Å²) in [5, 5.41) is 0. The minimum absolute atomic E-state index is 0.0625. The summed E-state index contributed by atoms with van der Waals surface area (Å²) in [6.45, 7) is 1.80. The van der Waals surface area contributed by atoms with Crippen LogP contribution < -0.4 is 5.56 Å². The van der Waals surface area contributed by atoms with Gasteiger partial charge in [0.15, 0.2) is 17.0 Å². The Bertz CT molecular complexity index is 946. The van der Waals surface area contributed by atoms with E-state index < -0.39 is 17.3 Å². The van der Waals surface area contributed by atoms with Crippen LogP contribution in [0.15, 0.2) is 35.4 Å². The van der Waals surface area contributed by atoms with Gasteiger partial charge < -0.3 is 0 Å². The Hall–Kier alpha value is -2.36. The summed E-state index contributed by atoms with van der Waals surface area (Å²) in [5.41, 5.74) is -1.54. The van der Waals surface area contributed by atoms with E-state index in [1.807, 2.05) is 0 Å². The highest BCUT2D eigenvalue weighted by Gasteiger charge is 2.30. The van der Waals surface area contributed by atoms with Crippen molar-refractivity contribution in [2.75, 3.05) is 5.75 Å². The molecule has 0 saturated heterocycles. The van der Waals surface area contributed by atoms with E-state index in [2.05, 4.69) is 9.97 Å².